The second-order valence-electron chi connectivity index (χ2n) is 7.44. The Morgan fingerprint density at radius 2 is 1.55 bits per heavy atom. The smallest absolute Gasteiger partial charge is 0.218 e. The summed E-state index contributed by atoms with van der Waals surface area (Å²) in [6.45, 7) is 5.26. The van der Waals surface area contributed by atoms with Crippen molar-refractivity contribution in [3.63, 3.8) is 0 Å². The van der Waals surface area contributed by atoms with Gasteiger partial charge in [-0.3, -0.25) is 4.57 Å². The molecule has 1 fully saturated rings. The van der Waals surface area contributed by atoms with Gasteiger partial charge in [0.25, 0.3) is 0 Å². The van der Waals surface area contributed by atoms with Crippen molar-refractivity contribution >= 4 is 15.8 Å². The fourth-order valence-electron chi connectivity index (χ4n) is 3.56. The van der Waals surface area contributed by atoms with Crippen LogP contribution in [0.25, 0.3) is 5.82 Å². The van der Waals surface area contributed by atoms with Gasteiger partial charge in [0, 0.05) is 44.0 Å². The number of benzene rings is 1. The van der Waals surface area contributed by atoms with E-state index in [1.54, 1.807) is 6.33 Å². The van der Waals surface area contributed by atoms with Gasteiger partial charge in [-0.1, -0.05) is 0 Å². The molecule has 0 spiro atoms. The van der Waals surface area contributed by atoms with Gasteiger partial charge in [-0.25, -0.2) is 32.2 Å². The highest BCUT2D eigenvalue weighted by Crippen LogP contribution is 2.20. The van der Waals surface area contributed by atoms with E-state index in [9.17, 15) is 17.2 Å². The molecular weight excluding hydrogens is 426 g/mol. The van der Waals surface area contributed by atoms with Crippen LogP contribution in [0.2, 0.25) is 0 Å². The summed E-state index contributed by atoms with van der Waals surface area (Å²) < 4.78 is 55.5. The normalized spacial score (nSPS) is 15.4. The molecule has 2 aromatic heterocycles. The molecule has 3 aromatic rings. The Labute approximate surface area is 179 Å². The fraction of sp³-hybridized carbons (Fsp3) is 0.350. The maximum absolute atomic E-state index is 13.4. The van der Waals surface area contributed by atoms with Gasteiger partial charge in [-0.15, -0.1) is 0 Å². The summed E-state index contributed by atoms with van der Waals surface area (Å²) in [6.07, 6.45) is 3.18. The lowest BCUT2D eigenvalue weighted by Crippen LogP contribution is -2.49. The molecule has 0 aliphatic carbocycles. The summed E-state index contributed by atoms with van der Waals surface area (Å²) >= 11 is 0. The van der Waals surface area contributed by atoms with Crippen LogP contribution in [0, 0.1) is 25.5 Å². The topological polar surface area (TPSA) is 84.2 Å². The molecule has 1 aliphatic heterocycles. The van der Waals surface area contributed by atoms with Gasteiger partial charge in [-0.05, 0) is 31.5 Å². The van der Waals surface area contributed by atoms with Crippen molar-refractivity contribution in [1.82, 2.24) is 23.8 Å². The lowest BCUT2D eigenvalue weighted by Gasteiger charge is -2.34. The van der Waals surface area contributed by atoms with Gasteiger partial charge in [0.1, 0.15) is 35.9 Å². The largest absolute Gasteiger partial charge is 0.354 e. The monoisotopic (exact) mass is 448 g/mol. The first-order valence-electron chi connectivity index (χ1n) is 9.73. The lowest BCUT2D eigenvalue weighted by molar-refractivity contribution is 0.383. The van der Waals surface area contributed by atoms with E-state index in [4.69, 9.17) is 0 Å². The first kappa shape index (κ1) is 21.3. The number of hydrogen-bond donors (Lipinski definition) is 0. The zero-order valence-corrected chi connectivity index (χ0v) is 18.0. The molecule has 1 aliphatic rings. The Hall–Kier alpha value is -2.92. The van der Waals surface area contributed by atoms with Crippen LogP contribution in [0.3, 0.4) is 0 Å². The minimum absolute atomic E-state index is 0.0892. The van der Waals surface area contributed by atoms with Gasteiger partial charge in [0.15, 0.2) is 0 Å². The zero-order chi connectivity index (χ0) is 22.2. The maximum Gasteiger partial charge on any atom is 0.218 e. The molecule has 11 heteroatoms. The molecule has 3 heterocycles. The van der Waals surface area contributed by atoms with Crippen molar-refractivity contribution in [3.8, 4) is 5.82 Å². The van der Waals surface area contributed by atoms with Gasteiger partial charge >= 0.3 is 0 Å². The summed E-state index contributed by atoms with van der Waals surface area (Å²) in [6, 6.07) is 4.64. The molecule has 0 unspecified atom stereocenters. The number of halogens is 2. The average molecular weight is 448 g/mol. The van der Waals surface area contributed by atoms with E-state index in [0.717, 1.165) is 29.6 Å². The Morgan fingerprint density at radius 3 is 2.16 bits per heavy atom. The van der Waals surface area contributed by atoms with Crippen molar-refractivity contribution in [2.24, 2.45) is 0 Å². The van der Waals surface area contributed by atoms with Crippen molar-refractivity contribution in [3.05, 3.63) is 65.5 Å². The van der Waals surface area contributed by atoms with Crippen LogP contribution in [0.15, 0.2) is 36.9 Å². The molecule has 0 saturated carbocycles. The van der Waals surface area contributed by atoms with Crippen molar-refractivity contribution in [1.29, 1.82) is 0 Å². The van der Waals surface area contributed by atoms with Crippen molar-refractivity contribution < 1.29 is 17.2 Å². The number of imidazole rings is 1. The number of nitrogens with zero attached hydrogens (tertiary/aromatic N) is 6. The minimum Gasteiger partial charge on any atom is -0.354 e. The number of anilines is 1. The highest BCUT2D eigenvalue weighted by molar-refractivity contribution is 7.88. The molecule has 0 atom stereocenters. The van der Waals surface area contributed by atoms with Gasteiger partial charge in [0.2, 0.25) is 10.0 Å². The minimum atomic E-state index is -3.70. The first-order valence-corrected chi connectivity index (χ1v) is 11.3. The van der Waals surface area contributed by atoms with E-state index in [0.29, 0.717) is 24.7 Å². The summed E-state index contributed by atoms with van der Waals surface area (Å²) in [4.78, 5) is 14.9. The van der Waals surface area contributed by atoms with Gasteiger partial charge in [0.05, 0.1) is 11.4 Å². The third-order valence-corrected chi connectivity index (χ3v) is 7.21. The number of piperazine rings is 1. The maximum atomic E-state index is 13.4. The molecule has 0 N–H and O–H groups in total. The number of aryl methyl sites for hydroxylation is 1. The number of sulfonamides is 1. The fourth-order valence-corrected chi connectivity index (χ4v) is 5.05. The predicted octanol–water partition coefficient (Wildman–Crippen LogP) is 2.21. The van der Waals surface area contributed by atoms with Crippen LogP contribution < -0.4 is 4.90 Å². The standard InChI is InChI=1S/C20H22F2N6O2S/c1-14-15(2)28(13-25-14)20-10-19(23-12-24-20)26-3-5-27(6-4-26)31(29,30)11-16-7-17(21)9-18(22)8-16/h7-10,12-13H,3-6,11H2,1-2H3. The van der Waals surface area contributed by atoms with Crippen LogP contribution >= 0.6 is 0 Å². The molecule has 8 nitrogen and oxygen atoms in total. The number of rotatable bonds is 5. The molecule has 0 bridgehead atoms. The molecule has 0 amide bonds. The average Bonchev–Trinajstić information content (AvgIpc) is 3.06. The van der Waals surface area contributed by atoms with Crippen LogP contribution in [0.5, 0.6) is 0 Å². The van der Waals surface area contributed by atoms with Gasteiger partial charge in [-0.2, -0.15) is 4.31 Å². The van der Waals surface area contributed by atoms with Crippen molar-refractivity contribution in [2.45, 2.75) is 19.6 Å². The van der Waals surface area contributed by atoms with E-state index < -0.39 is 27.4 Å². The van der Waals surface area contributed by atoms with E-state index >= 15 is 0 Å². The van der Waals surface area contributed by atoms with Crippen LogP contribution in [-0.4, -0.2) is 58.4 Å². The summed E-state index contributed by atoms with van der Waals surface area (Å²) in [7, 11) is -3.70. The number of hydrogen-bond acceptors (Lipinski definition) is 6. The first-order chi connectivity index (χ1) is 14.7. The van der Waals surface area contributed by atoms with Crippen LogP contribution in [-0.2, 0) is 15.8 Å². The molecule has 0 radical (unpaired) electrons. The highest BCUT2D eigenvalue weighted by atomic mass is 32.2. The lowest BCUT2D eigenvalue weighted by atomic mass is 10.2. The van der Waals surface area contributed by atoms with E-state index in [1.165, 1.54) is 10.6 Å². The molecular formula is C20H22F2N6O2S. The predicted molar refractivity (Wildman–Crippen MR) is 111 cm³/mol. The van der Waals surface area contributed by atoms with E-state index in [2.05, 4.69) is 15.0 Å². The summed E-state index contributed by atoms with van der Waals surface area (Å²) in [5.41, 5.74) is 1.98. The van der Waals surface area contributed by atoms with Gasteiger partial charge < -0.3 is 4.90 Å². The second-order valence-corrected chi connectivity index (χ2v) is 9.41. The Kier molecular flexibility index (Phi) is 5.71. The second kappa shape index (κ2) is 8.31. The quantitative estimate of drug-likeness (QED) is 0.595. The van der Waals surface area contributed by atoms with E-state index in [1.807, 2.05) is 29.4 Å². The van der Waals surface area contributed by atoms with E-state index in [-0.39, 0.29) is 18.7 Å². The number of aromatic nitrogens is 4. The molecule has 1 aromatic carbocycles. The Balaban J connectivity index is 1.45. The molecule has 31 heavy (non-hydrogen) atoms. The van der Waals surface area contributed by atoms with Crippen LogP contribution in [0.1, 0.15) is 17.0 Å². The van der Waals surface area contributed by atoms with Crippen molar-refractivity contribution in [2.75, 3.05) is 31.1 Å². The molecule has 164 valence electrons. The molecule has 1 saturated heterocycles. The SMILES string of the molecule is Cc1ncn(-c2cc(N3CCN(S(=O)(=O)Cc4cc(F)cc(F)c4)CC3)ncn2)c1C. The highest BCUT2D eigenvalue weighted by Gasteiger charge is 2.28. The zero-order valence-electron chi connectivity index (χ0n) is 17.2. The third kappa shape index (κ3) is 4.57. The third-order valence-electron chi connectivity index (χ3n) is 5.36. The van der Waals surface area contributed by atoms with Crippen LogP contribution in [0.4, 0.5) is 14.6 Å². The Bertz CT molecular complexity index is 1190. The summed E-state index contributed by atoms with van der Waals surface area (Å²) in [5.74, 6) is -0.652. The summed E-state index contributed by atoms with van der Waals surface area (Å²) in [5, 5.41) is 0. The Morgan fingerprint density at radius 1 is 0.903 bits per heavy atom. The molecule has 4 rings (SSSR count).